The normalized spacial score (nSPS) is 14.0. The molecule has 5 heteroatoms. The Morgan fingerprint density at radius 1 is 1.19 bits per heavy atom. The van der Waals surface area contributed by atoms with Crippen molar-refractivity contribution in [3.05, 3.63) is 40.1 Å². The molecule has 1 aromatic heterocycles. The smallest absolute Gasteiger partial charge is 0.136 e. The van der Waals surface area contributed by atoms with E-state index in [1.54, 1.807) is 0 Å². The van der Waals surface area contributed by atoms with Crippen molar-refractivity contribution in [3.8, 4) is 0 Å². The number of rotatable bonds is 5. The van der Waals surface area contributed by atoms with E-state index in [0.29, 0.717) is 5.92 Å². The van der Waals surface area contributed by atoms with Gasteiger partial charge in [0.25, 0.3) is 0 Å². The van der Waals surface area contributed by atoms with Gasteiger partial charge in [-0.2, -0.15) is 0 Å². The molecule has 21 heavy (non-hydrogen) atoms. The highest BCUT2D eigenvalue weighted by Gasteiger charge is 2.27. The van der Waals surface area contributed by atoms with E-state index in [9.17, 15) is 0 Å². The summed E-state index contributed by atoms with van der Waals surface area (Å²) in [6.07, 6.45) is 3.37. The van der Waals surface area contributed by atoms with Crippen LogP contribution >= 0.6 is 15.9 Å². The molecule has 4 nitrogen and oxygen atoms in total. The van der Waals surface area contributed by atoms with Crippen molar-refractivity contribution in [2.75, 3.05) is 17.7 Å². The van der Waals surface area contributed by atoms with Crippen LogP contribution in [0.5, 0.6) is 0 Å². The predicted octanol–water partition coefficient (Wildman–Crippen LogP) is 4.46. The van der Waals surface area contributed by atoms with Gasteiger partial charge < -0.3 is 10.6 Å². The van der Waals surface area contributed by atoms with E-state index < -0.39 is 0 Å². The zero-order valence-electron chi connectivity index (χ0n) is 12.3. The lowest BCUT2D eigenvalue weighted by atomic mass is 10.1. The average Bonchev–Trinajstić information content (AvgIpc) is 3.33. The summed E-state index contributed by atoms with van der Waals surface area (Å²) in [5.41, 5.74) is 2.37. The summed E-state index contributed by atoms with van der Waals surface area (Å²) in [4.78, 5) is 9.21. The summed E-state index contributed by atoms with van der Waals surface area (Å²) >= 11 is 3.52. The standard InChI is InChI=1S/C16H19BrN4/c1-3-10-8-12(17)6-7-13(10)19-15-9-14(18-2)20-16(21-15)11-4-5-11/h6-9,11H,3-5H2,1-2H3,(H2,18,19,20,21). The third-order valence-electron chi connectivity index (χ3n) is 3.65. The molecule has 3 rings (SSSR count). The van der Waals surface area contributed by atoms with Crippen LogP contribution in [-0.4, -0.2) is 17.0 Å². The Hall–Kier alpha value is -1.62. The highest BCUT2D eigenvalue weighted by molar-refractivity contribution is 9.10. The SMILES string of the molecule is CCc1cc(Br)ccc1Nc1cc(NC)nc(C2CC2)n1. The van der Waals surface area contributed by atoms with Gasteiger partial charge in [-0.1, -0.05) is 22.9 Å². The monoisotopic (exact) mass is 346 g/mol. The first-order valence-corrected chi connectivity index (χ1v) is 8.11. The summed E-state index contributed by atoms with van der Waals surface area (Å²) in [6, 6.07) is 8.22. The van der Waals surface area contributed by atoms with Crippen LogP contribution < -0.4 is 10.6 Å². The van der Waals surface area contributed by atoms with Crippen LogP contribution in [0.25, 0.3) is 0 Å². The second-order valence-corrected chi connectivity index (χ2v) is 6.22. The molecular weight excluding hydrogens is 328 g/mol. The molecule has 0 aliphatic heterocycles. The van der Waals surface area contributed by atoms with Gasteiger partial charge >= 0.3 is 0 Å². The van der Waals surface area contributed by atoms with Crippen LogP contribution in [0.3, 0.4) is 0 Å². The van der Waals surface area contributed by atoms with Crippen molar-refractivity contribution in [2.24, 2.45) is 0 Å². The van der Waals surface area contributed by atoms with Crippen LogP contribution in [0.1, 0.15) is 37.1 Å². The van der Waals surface area contributed by atoms with E-state index in [4.69, 9.17) is 0 Å². The van der Waals surface area contributed by atoms with Crippen molar-refractivity contribution in [1.82, 2.24) is 9.97 Å². The molecule has 2 N–H and O–H groups in total. The Kier molecular flexibility index (Phi) is 4.10. The molecule has 0 amide bonds. The van der Waals surface area contributed by atoms with Gasteiger partial charge in [-0.3, -0.25) is 0 Å². The van der Waals surface area contributed by atoms with E-state index in [2.05, 4.69) is 55.6 Å². The molecule has 1 heterocycles. The van der Waals surface area contributed by atoms with Gasteiger partial charge in [0.1, 0.15) is 17.5 Å². The second kappa shape index (κ2) is 6.02. The van der Waals surface area contributed by atoms with E-state index in [1.807, 2.05) is 19.2 Å². The van der Waals surface area contributed by atoms with Crippen LogP contribution in [0.15, 0.2) is 28.7 Å². The number of aryl methyl sites for hydroxylation is 1. The lowest BCUT2D eigenvalue weighted by Crippen LogP contribution is -2.04. The van der Waals surface area contributed by atoms with E-state index >= 15 is 0 Å². The summed E-state index contributed by atoms with van der Waals surface area (Å²) < 4.78 is 1.10. The third-order valence-corrected chi connectivity index (χ3v) is 4.15. The maximum Gasteiger partial charge on any atom is 0.136 e. The minimum Gasteiger partial charge on any atom is -0.373 e. The number of halogens is 1. The summed E-state index contributed by atoms with van der Waals surface area (Å²) in [6.45, 7) is 2.15. The topological polar surface area (TPSA) is 49.8 Å². The third kappa shape index (κ3) is 3.35. The van der Waals surface area contributed by atoms with Gasteiger partial charge in [-0.25, -0.2) is 9.97 Å². The molecule has 1 aromatic carbocycles. The van der Waals surface area contributed by atoms with Gasteiger partial charge in [0.15, 0.2) is 0 Å². The minimum absolute atomic E-state index is 0.536. The van der Waals surface area contributed by atoms with E-state index in [0.717, 1.165) is 34.0 Å². The van der Waals surface area contributed by atoms with Crippen molar-refractivity contribution in [2.45, 2.75) is 32.1 Å². The fraction of sp³-hybridized carbons (Fsp3) is 0.375. The molecule has 0 atom stereocenters. The molecule has 1 aliphatic carbocycles. The fourth-order valence-corrected chi connectivity index (χ4v) is 2.71. The highest BCUT2D eigenvalue weighted by Crippen LogP contribution is 2.39. The average molecular weight is 347 g/mol. The first-order valence-electron chi connectivity index (χ1n) is 7.31. The minimum atomic E-state index is 0.536. The van der Waals surface area contributed by atoms with Crippen LogP contribution in [0.2, 0.25) is 0 Å². The summed E-state index contributed by atoms with van der Waals surface area (Å²) in [5.74, 6) is 3.20. The van der Waals surface area contributed by atoms with Crippen LogP contribution in [-0.2, 0) is 6.42 Å². The quantitative estimate of drug-likeness (QED) is 0.838. The first-order chi connectivity index (χ1) is 10.2. The molecule has 0 radical (unpaired) electrons. The van der Waals surface area contributed by atoms with Gasteiger partial charge in [0, 0.05) is 29.2 Å². The lowest BCUT2D eigenvalue weighted by Gasteiger charge is -2.13. The number of hydrogen-bond donors (Lipinski definition) is 2. The summed E-state index contributed by atoms with van der Waals surface area (Å²) in [5, 5.41) is 6.55. The van der Waals surface area contributed by atoms with E-state index in [1.165, 1.54) is 18.4 Å². The van der Waals surface area contributed by atoms with Crippen LogP contribution in [0, 0.1) is 0 Å². The zero-order valence-corrected chi connectivity index (χ0v) is 13.9. The van der Waals surface area contributed by atoms with Gasteiger partial charge in [0.05, 0.1) is 0 Å². The van der Waals surface area contributed by atoms with Crippen molar-refractivity contribution in [1.29, 1.82) is 0 Å². The predicted molar refractivity (Wildman–Crippen MR) is 90.4 cm³/mol. The molecule has 2 aromatic rings. The van der Waals surface area contributed by atoms with Crippen molar-refractivity contribution >= 4 is 33.3 Å². The Morgan fingerprint density at radius 3 is 2.62 bits per heavy atom. The van der Waals surface area contributed by atoms with E-state index in [-0.39, 0.29) is 0 Å². The Labute approximate surface area is 133 Å². The Bertz CT molecular complexity index is 653. The van der Waals surface area contributed by atoms with Gasteiger partial charge in [-0.05, 0) is 43.0 Å². The van der Waals surface area contributed by atoms with Crippen LogP contribution in [0.4, 0.5) is 17.3 Å². The molecule has 1 fully saturated rings. The Balaban J connectivity index is 1.92. The largest absolute Gasteiger partial charge is 0.373 e. The molecular formula is C16H19BrN4. The first kappa shape index (κ1) is 14.3. The molecule has 0 bridgehead atoms. The molecule has 1 aliphatic rings. The molecule has 110 valence electrons. The number of anilines is 3. The molecule has 1 saturated carbocycles. The number of aromatic nitrogens is 2. The molecule has 0 unspecified atom stereocenters. The lowest BCUT2D eigenvalue weighted by molar-refractivity contribution is 0.932. The Morgan fingerprint density at radius 2 is 1.95 bits per heavy atom. The number of nitrogens with one attached hydrogen (secondary N) is 2. The van der Waals surface area contributed by atoms with Crippen molar-refractivity contribution in [3.63, 3.8) is 0 Å². The molecule has 0 saturated heterocycles. The zero-order chi connectivity index (χ0) is 14.8. The maximum atomic E-state index is 4.66. The number of nitrogens with zero attached hydrogens (tertiary/aromatic N) is 2. The number of hydrogen-bond acceptors (Lipinski definition) is 4. The van der Waals surface area contributed by atoms with Crippen molar-refractivity contribution < 1.29 is 0 Å². The molecule has 0 spiro atoms. The van der Waals surface area contributed by atoms with Gasteiger partial charge in [0.2, 0.25) is 0 Å². The number of benzene rings is 1. The maximum absolute atomic E-state index is 4.66. The second-order valence-electron chi connectivity index (χ2n) is 5.30. The summed E-state index contributed by atoms with van der Waals surface area (Å²) in [7, 11) is 1.89. The van der Waals surface area contributed by atoms with Gasteiger partial charge in [-0.15, -0.1) is 0 Å². The highest BCUT2D eigenvalue weighted by atomic mass is 79.9. The fourth-order valence-electron chi connectivity index (χ4n) is 2.30.